The quantitative estimate of drug-likeness (QED) is 0.586. The van der Waals surface area contributed by atoms with Crippen molar-refractivity contribution in [1.82, 2.24) is 5.32 Å². The third kappa shape index (κ3) is 2.50. The molecule has 1 rings (SSSR count). The summed E-state index contributed by atoms with van der Waals surface area (Å²) in [6.45, 7) is -0.116. The number of rotatable bonds is 0. The van der Waals surface area contributed by atoms with E-state index in [0.717, 1.165) is 0 Å². The van der Waals surface area contributed by atoms with Gasteiger partial charge in [0.1, 0.15) is 0 Å². The van der Waals surface area contributed by atoms with E-state index in [1.165, 1.54) is 0 Å². The Bertz CT molecular complexity index is 129. The van der Waals surface area contributed by atoms with E-state index in [1.54, 1.807) is 0 Å². The molecule has 0 saturated carbocycles. The number of hydrogen-bond donors (Lipinski definition) is 2. The maximum absolute atomic E-state index is 11.8. The molecule has 1 aliphatic heterocycles. The van der Waals surface area contributed by atoms with Crippen molar-refractivity contribution in [2.24, 2.45) is 5.92 Å². The third-order valence-corrected chi connectivity index (χ3v) is 1.60. The Morgan fingerprint density at radius 3 is 2.00 bits per heavy atom. The van der Waals surface area contributed by atoms with Gasteiger partial charge in [0.25, 0.3) is 0 Å². The van der Waals surface area contributed by atoms with Crippen LogP contribution in [0.25, 0.3) is 0 Å². The topological polar surface area (TPSA) is 32.3 Å². The predicted octanol–water partition coefficient (Wildman–Crippen LogP) is 0.551. The Hall–Kier alpha value is -0.0000000000000000555. The molecule has 0 spiro atoms. The lowest BCUT2D eigenvalue weighted by molar-refractivity contribution is -0.187. The van der Waals surface area contributed by atoms with Crippen LogP contribution in [-0.4, -0.2) is 30.5 Å². The zero-order valence-electron chi connectivity index (χ0n) is 5.56. The van der Waals surface area contributed by atoms with Gasteiger partial charge in [0, 0.05) is 13.1 Å². The average Bonchev–Trinajstić information content (AvgIpc) is 2.11. The number of aliphatic hydroxyl groups is 1. The zero-order chi connectivity index (χ0) is 7.78. The fraction of sp³-hybridized carbons (Fsp3) is 1.00. The van der Waals surface area contributed by atoms with Crippen molar-refractivity contribution in [1.29, 1.82) is 0 Å². The molecule has 2 nitrogen and oxygen atoms in total. The van der Waals surface area contributed by atoms with Crippen LogP contribution in [0.15, 0.2) is 0 Å². The SMILES string of the molecule is Cl.O[C@H]1CNC[C@H]1C(F)(F)F. The van der Waals surface area contributed by atoms with Gasteiger partial charge in [-0.3, -0.25) is 0 Å². The van der Waals surface area contributed by atoms with Crippen LogP contribution in [-0.2, 0) is 0 Å². The molecule has 6 heteroatoms. The number of hydrogen-bond acceptors (Lipinski definition) is 2. The zero-order valence-corrected chi connectivity index (χ0v) is 6.37. The minimum Gasteiger partial charge on any atom is -0.391 e. The smallest absolute Gasteiger partial charge is 0.391 e. The minimum atomic E-state index is -4.26. The lowest BCUT2D eigenvalue weighted by atomic mass is 10.1. The molecule has 1 saturated heterocycles. The molecule has 2 N–H and O–H groups in total. The van der Waals surface area contributed by atoms with Crippen LogP contribution in [0.4, 0.5) is 13.2 Å². The molecular formula is C5H9ClF3NO. The van der Waals surface area contributed by atoms with Gasteiger partial charge in [-0.25, -0.2) is 0 Å². The first-order valence-corrected chi connectivity index (χ1v) is 2.97. The molecule has 0 aromatic heterocycles. The lowest BCUT2D eigenvalue weighted by Gasteiger charge is -2.16. The van der Waals surface area contributed by atoms with Gasteiger partial charge in [0.15, 0.2) is 0 Å². The first-order chi connectivity index (χ1) is 4.52. The van der Waals surface area contributed by atoms with E-state index in [4.69, 9.17) is 5.11 Å². The second-order valence-corrected chi connectivity index (χ2v) is 2.37. The maximum atomic E-state index is 11.8. The molecule has 0 aliphatic carbocycles. The number of aliphatic hydroxyl groups excluding tert-OH is 1. The van der Waals surface area contributed by atoms with Gasteiger partial charge in [-0.05, 0) is 0 Å². The third-order valence-electron chi connectivity index (χ3n) is 1.60. The fourth-order valence-corrected chi connectivity index (χ4v) is 0.999. The Morgan fingerprint density at radius 2 is 1.82 bits per heavy atom. The summed E-state index contributed by atoms with van der Waals surface area (Å²) in [5.41, 5.74) is 0. The molecule has 2 atom stereocenters. The van der Waals surface area contributed by atoms with Crippen LogP contribution in [0, 0.1) is 5.92 Å². The highest BCUT2D eigenvalue weighted by Gasteiger charge is 2.46. The number of nitrogens with one attached hydrogen (secondary N) is 1. The average molecular weight is 192 g/mol. The lowest BCUT2D eigenvalue weighted by Crippen LogP contribution is -2.32. The standard InChI is InChI=1S/C5H8F3NO.ClH/c6-5(7,8)3-1-9-2-4(3)10;/h3-4,9-10H,1-2H2;1H/t3-,4+;/m1./s1. The van der Waals surface area contributed by atoms with Gasteiger partial charge in [-0.2, -0.15) is 13.2 Å². The fourth-order valence-electron chi connectivity index (χ4n) is 0.999. The Morgan fingerprint density at radius 1 is 1.27 bits per heavy atom. The summed E-state index contributed by atoms with van der Waals surface area (Å²) < 4.78 is 35.4. The van der Waals surface area contributed by atoms with Gasteiger partial charge in [0.2, 0.25) is 0 Å². The summed E-state index contributed by atoms with van der Waals surface area (Å²) in [4.78, 5) is 0. The van der Waals surface area contributed by atoms with E-state index >= 15 is 0 Å². The second-order valence-electron chi connectivity index (χ2n) is 2.37. The maximum Gasteiger partial charge on any atom is 0.395 e. The summed E-state index contributed by atoms with van der Waals surface area (Å²) in [5, 5.41) is 11.2. The molecule has 1 heterocycles. The second kappa shape index (κ2) is 3.60. The van der Waals surface area contributed by atoms with Gasteiger partial charge < -0.3 is 10.4 Å². The summed E-state index contributed by atoms with van der Waals surface area (Å²) in [5.74, 6) is -1.58. The van der Waals surface area contributed by atoms with E-state index in [0.29, 0.717) is 0 Å². The van der Waals surface area contributed by atoms with Crippen LogP contribution in [0.1, 0.15) is 0 Å². The number of β-amino-alcohol motifs (C(OH)–C–C–N with tert-alkyl or cyclic N) is 1. The summed E-state index contributed by atoms with van der Waals surface area (Å²) in [6.07, 6.45) is -5.52. The van der Waals surface area contributed by atoms with Crippen LogP contribution >= 0.6 is 12.4 Å². The molecule has 0 amide bonds. The molecule has 0 aromatic carbocycles. The summed E-state index contributed by atoms with van der Waals surface area (Å²) in [7, 11) is 0. The molecule has 0 bridgehead atoms. The Balaban J connectivity index is 0.000001000. The molecular weight excluding hydrogens is 183 g/mol. The summed E-state index contributed by atoms with van der Waals surface area (Å²) >= 11 is 0. The van der Waals surface area contributed by atoms with E-state index < -0.39 is 18.2 Å². The molecule has 0 unspecified atom stereocenters. The van der Waals surface area contributed by atoms with E-state index in [2.05, 4.69) is 5.32 Å². The highest BCUT2D eigenvalue weighted by atomic mass is 35.5. The van der Waals surface area contributed by atoms with E-state index in [9.17, 15) is 13.2 Å². The van der Waals surface area contributed by atoms with Crippen LogP contribution < -0.4 is 5.32 Å². The number of alkyl halides is 3. The Labute approximate surface area is 68.2 Å². The van der Waals surface area contributed by atoms with Crippen molar-refractivity contribution in [3.8, 4) is 0 Å². The minimum absolute atomic E-state index is 0. The van der Waals surface area contributed by atoms with Crippen LogP contribution in [0.5, 0.6) is 0 Å². The van der Waals surface area contributed by atoms with Gasteiger partial charge >= 0.3 is 6.18 Å². The highest BCUT2D eigenvalue weighted by molar-refractivity contribution is 5.85. The van der Waals surface area contributed by atoms with Crippen LogP contribution in [0.3, 0.4) is 0 Å². The predicted molar refractivity (Wildman–Crippen MR) is 35.7 cm³/mol. The van der Waals surface area contributed by atoms with Gasteiger partial charge in [-0.15, -0.1) is 12.4 Å². The van der Waals surface area contributed by atoms with Gasteiger partial charge in [0.05, 0.1) is 12.0 Å². The van der Waals surface area contributed by atoms with Crippen molar-refractivity contribution < 1.29 is 18.3 Å². The Kier molecular flexibility index (Phi) is 3.60. The van der Waals surface area contributed by atoms with Crippen molar-refractivity contribution in [2.75, 3.05) is 13.1 Å². The van der Waals surface area contributed by atoms with E-state index in [1.807, 2.05) is 0 Å². The largest absolute Gasteiger partial charge is 0.395 e. The number of halogens is 4. The first kappa shape index (κ1) is 11.0. The van der Waals surface area contributed by atoms with Gasteiger partial charge in [-0.1, -0.05) is 0 Å². The molecule has 1 aliphatic rings. The normalized spacial score (nSPS) is 31.6. The van der Waals surface area contributed by atoms with Crippen molar-refractivity contribution in [2.45, 2.75) is 12.3 Å². The van der Waals surface area contributed by atoms with Crippen molar-refractivity contribution >= 4 is 12.4 Å². The van der Waals surface area contributed by atoms with Crippen LogP contribution in [0.2, 0.25) is 0 Å². The molecule has 68 valence electrons. The van der Waals surface area contributed by atoms with Crippen molar-refractivity contribution in [3.63, 3.8) is 0 Å². The van der Waals surface area contributed by atoms with Crippen molar-refractivity contribution in [3.05, 3.63) is 0 Å². The summed E-state index contributed by atoms with van der Waals surface area (Å²) in [6, 6.07) is 0. The highest BCUT2D eigenvalue weighted by Crippen LogP contribution is 2.30. The molecule has 1 fully saturated rings. The molecule has 0 radical (unpaired) electrons. The monoisotopic (exact) mass is 191 g/mol. The first-order valence-electron chi connectivity index (χ1n) is 2.97. The molecule has 0 aromatic rings. The molecule has 11 heavy (non-hydrogen) atoms. The van der Waals surface area contributed by atoms with E-state index in [-0.39, 0.29) is 25.5 Å².